The van der Waals surface area contributed by atoms with Gasteiger partial charge in [0.25, 0.3) is 0 Å². The average molecular weight is 764 g/mol. The standard InChI is InChI=1S/C51H29N3OS2/c1-2-11-30(12-3-1)31-23-25-32(26-24-31)49-52-50(54-51(53-49)38-17-10-22-45-48(38)36-14-5-7-20-43(36)57-45)37-16-8-18-41-46(37)39-29-33(27-28-40(39)55-41)34-15-9-21-44-47(34)35-13-4-6-19-42(35)56-44/h1-29H. The third kappa shape index (κ3) is 5.22. The summed E-state index contributed by atoms with van der Waals surface area (Å²) in [4.78, 5) is 15.8. The molecule has 4 aromatic heterocycles. The highest BCUT2D eigenvalue weighted by molar-refractivity contribution is 7.26. The van der Waals surface area contributed by atoms with E-state index in [1.807, 2.05) is 29.5 Å². The molecule has 8 aromatic carbocycles. The van der Waals surface area contributed by atoms with Gasteiger partial charge in [0, 0.05) is 67.8 Å². The Balaban J connectivity index is 1.09. The van der Waals surface area contributed by atoms with E-state index in [4.69, 9.17) is 19.4 Å². The lowest BCUT2D eigenvalue weighted by Gasteiger charge is -2.11. The summed E-state index contributed by atoms with van der Waals surface area (Å²) in [5.74, 6) is 1.86. The molecular formula is C51H29N3OS2. The molecular weight excluding hydrogens is 735 g/mol. The first-order valence-corrected chi connectivity index (χ1v) is 20.6. The molecule has 0 spiro atoms. The molecule has 0 saturated heterocycles. The van der Waals surface area contributed by atoms with Crippen molar-refractivity contribution in [1.82, 2.24) is 15.0 Å². The molecule has 4 heterocycles. The van der Waals surface area contributed by atoms with E-state index in [-0.39, 0.29) is 0 Å². The molecule has 0 unspecified atom stereocenters. The quantitative estimate of drug-likeness (QED) is 0.175. The fraction of sp³-hybridized carbons (Fsp3) is 0. The zero-order valence-electron chi connectivity index (χ0n) is 30.3. The van der Waals surface area contributed by atoms with Gasteiger partial charge in [0.1, 0.15) is 11.2 Å². The van der Waals surface area contributed by atoms with E-state index in [1.165, 1.54) is 46.1 Å². The van der Waals surface area contributed by atoms with Crippen molar-refractivity contribution in [1.29, 1.82) is 0 Å². The maximum Gasteiger partial charge on any atom is 0.164 e. The Morgan fingerprint density at radius 2 is 0.825 bits per heavy atom. The lowest BCUT2D eigenvalue weighted by molar-refractivity contribution is 0.669. The lowest BCUT2D eigenvalue weighted by atomic mass is 9.97. The first kappa shape index (κ1) is 32.3. The van der Waals surface area contributed by atoms with E-state index in [0.717, 1.165) is 55.1 Å². The summed E-state index contributed by atoms with van der Waals surface area (Å²) in [6.07, 6.45) is 0. The third-order valence-electron chi connectivity index (χ3n) is 11.0. The highest BCUT2D eigenvalue weighted by atomic mass is 32.1. The molecule has 0 aliphatic heterocycles. The second kappa shape index (κ2) is 12.8. The molecule has 0 fully saturated rings. The van der Waals surface area contributed by atoms with Crippen LogP contribution in [0.4, 0.5) is 0 Å². The smallest absolute Gasteiger partial charge is 0.164 e. The van der Waals surface area contributed by atoms with Crippen molar-refractivity contribution in [3.63, 3.8) is 0 Å². The molecule has 266 valence electrons. The van der Waals surface area contributed by atoms with Crippen LogP contribution in [0.2, 0.25) is 0 Å². The van der Waals surface area contributed by atoms with Gasteiger partial charge in [-0.05, 0) is 64.7 Å². The summed E-state index contributed by atoms with van der Waals surface area (Å²) in [7, 11) is 0. The number of thiophene rings is 2. The monoisotopic (exact) mass is 763 g/mol. The van der Waals surface area contributed by atoms with Crippen LogP contribution in [0.3, 0.4) is 0 Å². The topological polar surface area (TPSA) is 51.8 Å². The Labute approximate surface area is 335 Å². The van der Waals surface area contributed by atoms with Crippen LogP contribution in [0.15, 0.2) is 180 Å². The van der Waals surface area contributed by atoms with Crippen molar-refractivity contribution in [2.45, 2.75) is 0 Å². The van der Waals surface area contributed by atoms with E-state index in [2.05, 4.69) is 158 Å². The normalized spacial score (nSPS) is 11.9. The maximum atomic E-state index is 6.56. The fourth-order valence-corrected chi connectivity index (χ4v) is 10.6. The van der Waals surface area contributed by atoms with Gasteiger partial charge in [-0.2, -0.15) is 0 Å². The fourth-order valence-electron chi connectivity index (χ4n) is 8.35. The second-order valence-electron chi connectivity index (χ2n) is 14.3. The first-order chi connectivity index (χ1) is 28.2. The van der Waals surface area contributed by atoms with Crippen molar-refractivity contribution in [2.24, 2.45) is 0 Å². The Morgan fingerprint density at radius 1 is 0.316 bits per heavy atom. The van der Waals surface area contributed by atoms with E-state index < -0.39 is 0 Å². The van der Waals surface area contributed by atoms with E-state index in [1.54, 1.807) is 11.3 Å². The molecule has 4 nitrogen and oxygen atoms in total. The summed E-state index contributed by atoms with van der Waals surface area (Å²) >= 11 is 3.63. The van der Waals surface area contributed by atoms with E-state index >= 15 is 0 Å². The number of furan rings is 1. The predicted molar refractivity (Wildman–Crippen MR) is 240 cm³/mol. The number of benzene rings is 8. The van der Waals surface area contributed by atoms with Crippen LogP contribution in [-0.2, 0) is 0 Å². The molecule has 12 aromatic rings. The average Bonchev–Trinajstić information content (AvgIpc) is 3.98. The van der Waals surface area contributed by atoms with Gasteiger partial charge in [-0.25, -0.2) is 15.0 Å². The molecule has 0 amide bonds. The van der Waals surface area contributed by atoms with Crippen LogP contribution >= 0.6 is 22.7 Å². The molecule has 0 N–H and O–H groups in total. The highest BCUT2D eigenvalue weighted by Gasteiger charge is 2.21. The van der Waals surface area contributed by atoms with Gasteiger partial charge in [-0.1, -0.05) is 133 Å². The minimum Gasteiger partial charge on any atom is -0.456 e. The van der Waals surface area contributed by atoms with Crippen LogP contribution in [0.1, 0.15) is 0 Å². The lowest BCUT2D eigenvalue weighted by Crippen LogP contribution is -2.00. The summed E-state index contributed by atoms with van der Waals surface area (Å²) in [5.41, 5.74) is 9.07. The molecule has 0 saturated carbocycles. The summed E-state index contributed by atoms with van der Waals surface area (Å²) in [6.45, 7) is 0. The predicted octanol–water partition coefficient (Wildman–Crippen LogP) is 14.8. The van der Waals surface area contributed by atoms with Crippen LogP contribution in [0.5, 0.6) is 0 Å². The van der Waals surface area contributed by atoms with Gasteiger partial charge in [-0.3, -0.25) is 0 Å². The van der Waals surface area contributed by atoms with Gasteiger partial charge >= 0.3 is 0 Å². The number of aromatic nitrogens is 3. The summed E-state index contributed by atoms with van der Waals surface area (Å²) < 4.78 is 11.6. The number of hydrogen-bond acceptors (Lipinski definition) is 6. The minimum atomic E-state index is 0.600. The molecule has 12 rings (SSSR count). The van der Waals surface area contributed by atoms with Gasteiger partial charge in [-0.15, -0.1) is 22.7 Å². The van der Waals surface area contributed by atoms with Crippen LogP contribution in [-0.4, -0.2) is 15.0 Å². The van der Waals surface area contributed by atoms with Crippen molar-refractivity contribution in [3.8, 4) is 56.4 Å². The van der Waals surface area contributed by atoms with Gasteiger partial charge in [0.15, 0.2) is 17.5 Å². The largest absolute Gasteiger partial charge is 0.456 e. The van der Waals surface area contributed by atoms with Crippen molar-refractivity contribution in [3.05, 3.63) is 176 Å². The third-order valence-corrected chi connectivity index (χ3v) is 13.3. The van der Waals surface area contributed by atoms with Gasteiger partial charge in [0.2, 0.25) is 0 Å². The van der Waals surface area contributed by atoms with Crippen molar-refractivity contribution >= 4 is 85.0 Å². The molecule has 0 atom stereocenters. The maximum absolute atomic E-state index is 6.56. The van der Waals surface area contributed by atoms with Crippen molar-refractivity contribution < 1.29 is 4.42 Å². The molecule has 6 heteroatoms. The molecule has 0 bridgehead atoms. The van der Waals surface area contributed by atoms with E-state index in [0.29, 0.717) is 17.5 Å². The molecule has 0 aliphatic rings. The SMILES string of the molecule is c1ccc(-c2ccc(-c3nc(-c4cccc5oc6ccc(-c7cccc8sc9ccccc9c78)cc6c45)nc(-c4cccc5sc6ccccc6c45)n3)cc2)cc1. The van der Waals surface area contributed by atoms with Gasteiger partial charge < -0.3 is 4.42 Å². The number of fused-ring (bicyclic) bond motifs is 9. The van der Waals surface area contributed by atoms with Crippen LogP contribution < -0.4 is 0 Å². The Morgan fingerprint density at radius 3 is 1.53 bits per heavy atom. The summed E-state index contributed by atoms with van der Waals surface area (Å²) in [5, 5.41) is 6.93. The zero-order valence-corrected chi connectivity index (χ0v) is 31.9. The van der Waals surface area contributed by atoms with Crippen molar-refractivity contribution in [2.75, 3.05) is 0 Å². The highest BCUT2D eigenvalue weighted by Crippen LogP contribution is 2.44. The number of rotatable bonds is 5. The Hall–Kier alpha value is -6.99. The second-order valence-corrected chi connectivity index (χ2v) is 16.5. The number of hydrogen-bond donors (Lipinski definition) is 0. The Kier molecular flexibility index (Phi) is 7.24. The Bertz CT molecular complexity index is 3530. The molecule has 0 aliphatic carbocycles. The number of nitrogens with zero attached hydrogens (tertiary/aromatic N) is 3. The first-order valence-electron chi connectivity index (χ1n) is 18.9. The van der Waals surface area contributed by atoms with Crippen LogP contribution in [0.25, 0.3) is 119 Å². The summed E-state index contributed by atoms with van der Waals surface area (Å²) in [6, 6.07) is 62.0. The molecule has 0 radical (unpaired) electrons. The van der Waals surface area contributed by atoms with E-state index in [9.17, 15) is 0 Å². The minimum absolute atomic E-state index is 0.600. The molecule has 57 heavy (non-hydrogen) atoms. The van der Waals surface area contributed by atoms with Crippen LogP contribution in [0, 0.1) is 0 Å². The van der Waals surface area contributed by atoms with Gasteiger partial charge in [0.05, 0.1) is 0 Å². The zero-order chi connectivity index (χ0) is 37.5.